The molecule has 0 spiro atoms. The molecule has 0 N–H and O–H groups in total. The topological polar surface area (TPSA) is 42.3 Å². The van der Waals surface area contributed by atoms with Crippen LogP contribution in [0.25, 0.3) is 0 Å². The van der Waals surface area contributed by atoms with Crippen LogP contribution in [0.15, 0.2) is 41.3 Å². The molecule has 7 heteroatoms. The maximum Gasteiger partial charge on any atom is 0.416 e. The van der Waals surface area contributed by atoms with E-state index in [0.717, 1.165) is 6.07 Å². The van der Waals surface area contributed by atoms with Gasteiger partial charge in [-0.3, -0.25) is 9.59 Å². The number of pyridine rings is 1. The van der Waals surface area contributed by atoms with Crippen LogP contribution in [0.5, 0.6) is 0 Å². The number of aromatic nitrogens is 1. The van der Waals surface area contributed by atoms with Crippen LogP contribution >= 0.6 is 0 Å². The largest absolute Gasteiger partial charge is 0.416 e. The zero-order valence-corrected chi connectivity index (χ0v) is 12.2. The molecule has 0 bridgehead atoms. The minimum atomic E-state index is -4.45. The van der Waals surface area contributed by atoms with Gasteiger partial charge >= 0.3 is 6.18 Å². The van der Waals surface area contributed by atoms with Crippen LogP contribution in [0.4, 0.5) is 18.9 Å². The first kappa shape index (κ1) is 15.3. The van der Waals surface area contributed by atoms with Gasteiger partial charge in [0.25, 0.3) is 11.5 Å². The maximum absolute atomic E-state index is 13.0. The standard InChI is InChI=1S/C16H13F3N2O2/c1-20-7-5-10(9-14(20)22)15(23)21-8-6-11-12(16(17,18)19)3-2-4-13(11)21/h2-5,7,9H,6,8H2,1H3. The molecule has 4 nitrogen and oxygen atoms in total. The zero-order chi connectivity index (χ0) is 16.8. The second-order valence-corrected chi connectivity index (χ2v) is 5.37. The summed E-state index contributed by atoms with van der Waals surface area (Å²) in [6.07, 6.45) is -2.85. The second-order valence-electron chi connectivity index (χ2n) is 5.37. The molecule has 1 aliphatic rings. The van der Waals surface area contributed by atoms with Crippen molar-refractivity contribution in [3.8, 4) is 0 Å². The number of carbonyl (C=O) groups is 1. The summed E-state index contributed by atoms with van der Waals surface area (Å²) >= 11 is 0. The third-order valence-corrected chi connectivity index (χ3v) is 3.93. The molecule has 23 heavy (non-hydrogen) atoms. The molecule has 3 rings (SSSR count). The van der Waals surface area contributed by atoms with Crippen molar-refractivity contribution < 1.29 is 18.0 Å². The number of rotatable bonds is 1. The number of halogens is 3. The average Bonchev–Trinajstić information content (AvgIpc) is 2.92. The Morgan fingerprint density at radius 3 is 2.61 bits per heavy atom. The lowest BCUT2D eigenvalue weighted by molar-refractivity contribution is -0.138. The quantitative estimate of drug-likeness (QED) is 0.810. The van der Waals surface area contributed by atoms with E-state index in [0.29, 0.717) is 0 Å². The Balaban J connectivity index is 2.01. The van der Waals surface area contributed by atoms with Crippen LogP contribution in [0.2, 0.25) is 0 Å². The van der Waals surface area contributed by atoms with Crippen molar-refractivity contribution in [1.29, 1.82) is 0 Å². The lowest BCUT2D eigenvalue weighted by Gasteiger charge is -2.18. The highest BCUT2D eigenvalue weighted by atomic mass is 19.4. The molecule has 1 aromatic carbocycles. The van der Waals surface area contributed by atoms with Gasteiger partial charge in [-0.15, -0.1) is 0 Å². The minimum absolute atomic E-state index is 0.122. The monoisotopic (exact) mass is 322 g/mol. The van der Waals surface area contributed by atoms with Gasteiger partial charge in [0, 0.05) is 37.1 Å². The van der Waals surface area contributed by atoms with Crippen molar-refractivity contribution in [2.45, 2.75) is 12.6 Å². The smallest absolute Gasteiger partial charge is 0.319 e. The molecule has 0 atom stereocenters. The van der Waals surface area contributed by atoms with Crippen LogP contribution in [-0.2, 0) is 19.6 Å². The second kappa shape index (κ2) is 5.26. The summed E-state index contributed by atoms with van der Waals surface area (Å²) in [5.74, 6) is -0.472. The molecule has 0 fully saturated rings. The number of hydrogen-bond acceptors (Lipinski definition) is 2. The predicted octanol–water partition coefficient (Wildman–Crippen LogP) is 2.61. The number of alkyl halides is 3. The molecular formula is C16H13F3N2O2. The first-order chi connectivity index (χ1) is 10.8. The molecular weight excluding hydrogens is 309 g/mol. The first-order valence-electron chi connectivity index (χ1n) is 6.96. The summed E-state index contributed by atoms with van der Waals surface area (Å²) in [6.45, 7) is 0.163. The zero-order valence-electron chi connectivity index (χ0n) is 12.2. The number of fused-ring (bicyclic) bond motifs is 1. The average molecular weight is 322 g/mol. The Hall–Kier alpha value is -2.57. The molecule has 0 aliphatic carbocycles. The van der Waals surface area contributed by atoms with Crippen LogP contribution in [0, 0.1) is 0 Å². The highest BCUT2D eigenvalue weighted by Crippen LogP contribution is 2.39. The van der Waals surface area contributed by atoms with Gasteiger partial charge in [0.2, 0.25) is 0 Å². The fourth-order valence-electron chi connectivity index (χ4n) is 2.75. The van der Waals surface area contributed by atoms with Gasteiger partial charge in [0.05, 0.1) is 5.56 Å². The molecule has 0 saturated heterocycles. The summed E-state index contributed by atoms with van der Waals surface area (Å²) in [5.41, 5.74) is -0.519. The van der Waals surface area contributed by atoms with E-state index < -0.39 is 17.6 Å². The van der Waals surface area contributed by atoms with E-state index in [1.165, 1.54) is 39.9 Å². The molecule has 1 aromatic heterocycles. The highest BCUT2D eigenvalue weighted by Gasteiger charge is 2.37. The van der Waals surface area contributed by atoms with E-state index in [2.05, 4.69) is 0 Å². The maximum atomic E-state index is 13.0. The number of hydrogen-bond donors (Lipinski definition) is 0. The SMILES string of the molecule is Cn1ccc(C(=O)N2CCc3c2cccc3C(F)(F)F)cc1=O. The number of nitrogens with zero attached hydrogens (tertiary/aromatic N) is 2. The minimum Gasteiger partial charge on any atom is -0.319 e. The summed E-state index contributed by atoms with van der Waals surface area (Å²) in [6, 6.07) is 6.47. The van der Waals surface area contributed by atoms with Crippen LogP contribution in [0.3, 0.4) is 0 Å². The third kappa shape index (κ3) is 2.62. The van der Waals surface area contributed by atoms with Crippen molar-refractivity contribution in [2.75, 3.05) is 11.4 Å². The fourth-order valence-corrected chi connectivity index (χ4v) is 2.75. The summed E-state index contributed by atoms with van der Waals surface area (Å²) in [5, 5.41) is 0. The van der Waals surface area contributed by atoms with Crippen molar-refractivity contribution in [1.82, 2.24) is 4.57 Å². The van der Waals surface area contributed by atoms with E-state index >= 15 is 0 Å². The van der Waals surface area contributed by atoms with Crippen molar-refractivity contribution in [3.63, 3.8) is 0 Å². The number of benzene rings is 1. The molecule has 1 amide bonds. The van der Waals surface area contributed by atoms with Crippen LogP contribution in [-0.4, -0.2) is 17.0 Å². The van der Waals surface area contributed by atoms with Gasteiger partial charge in [0.15, 0.2) is 0 Å². The van der Waals surface area contributed by atoms with Crippen LogP contribution in [0.1, 0.15) is 21.5 Å². The lowest BCUT2D eigenvalue weighted by Crippen LogP contribution is -2.30. The van der Waals surface area contributed by atoms with Crippen molar-refractivity contribution in [3.05, 3.63) is 63.6 Å². The Morgan fingerprint density at radius 2 is 1.96 bits per heavy atom. The summed E-state index contributed by atoms with van der Waals surface area (Å²) in [7, 11) is 1.55. The Morgan fingerprint density at radius 1 is 1.22 bits per heavy atom. The summed E-state index contributed by atoms with van der Waals surface area (Å²) in [4.78, 5) is 25.5. The molecule has 2 heterocycles. The normalized spacial score (nSPS) is 14.0. The number of aryl methyl sites for hydroxylation is 1. The van der Waals surface area contributed by atoms with Crippen molar-refractivity contribution in [2.24, 2.45) is 7.05 Å². The van der Waals surface area contributed by atoms with E-state index in [1.54, 1.807) is 7.05 Å². The number of carbonyl (C=O) groups excluding carboxylic acids is 1. The Labute approximate surface area is 129 Å². The van der Waals surface area contributed by atoms with Gasteiger partial charge in [-0.05, 0) is 30.2 Å². The molecule has 1 aliphatic heterocycles. The van der Waals surface area contributed by atoms with Crippen molar-refractivity contribution >= 4 is 11.6 Å². The van der Waals surface area contributed by atoms with Gasteiger partial charge < -0.3 is 9.47 Å². The predicted molar refractivity (Wildman–Crippen MR) is 78.5 cm³/mol. The van der Waals surface area contributed by atoms with Gasteiger partial charge in [-0.2, -0.15) is 13.2 Å². The number of amides is 1. The first-order valence-corrected chi connectivity index (χ1v) is 6.96. The van der Waals surface area contributed by atoms with E-state index in [1.807, 2.05) is 0 Å². The Bertz CT molecular complexity index is 840. The Kier molecular flexibility index (Phi) is 3.50. The van der Waals surface area contributed by atoms with E-state index in [9.17, 15) is 22.8 Å². The van der Waals surface area contributed by atoms with E-state index in [-0.39, 0.29) is 35.3 Å². The van der Waals surface area contributed by atoms with Crippen LogP contribution < -0.4 is 10.5 Å². The highest BCUT2D eigenvalue weighted by molar-refractivity contribution is 6.07. The van der Waals surface area contributed by atoms with Gasteiger partial charge in [-0.1, -0.05) is 6.07 Å². The summed E-state index contributed by atoms with van der Waals surface area (Å²) < 4.78 is 40.4. The molecule has 0 radical (unpaired) electrons. The third-order valence-electron chi connectivity index (χ3n) is 3.93. The van der Waals surface area contributed by atoms with E-state index in [4.69, 9.17) is 0 Å². The number of anilines is 1. The molecule has 0 saturated carbocycles. The molecule has 120 valence electrons. The molecule has 0 unspecified atom stereocenters. The van der Waals surface area contributed by atoms with Gasteiger partial charge in [0.1, 0.15) is 0 Å². The fraction of sp³-hybridized carbons (Fsp3) is 0.250. The molecule has 2 aromatic rings. The van der Waals surface area contributed by atoms with Gasteiger partial charge in [-0.25, -0.2) is 0 Å². The lowest BCUT2D eigenvalue weighted by atomic mass is 10.0.